The van der Waals surface area contributed by atoms with Crippen molar-refractivity contribution in [3.63, 3.8) is 0 Å². The summed E-state index contributed by atoms with van der Waals surface area (Å²) in [5, 5.41) is 5.69. The molecule has 1 amide bonds. The SMILES string of the molecule is Cc1nn(-c2ccc(F)cc2)c2nc(CCC(C)C)nc(N3CCCN(C(=O)c4ccccc4)CC3)c12. The van der Waals surface area contributed by atoms with Gasteiger partial charge in [-0.25, -0.2) is 19.0 Å². The summed E-state index contributed by atoms with van der Waals surface area (Å²) in [5.74, 6) is 1.95. The molecular weight excluding hydrogens is 467 g/mol. The number of halogens is 1. The van der Waals surface area contributed by atoms with Gasteiger partial charge in [0.1, 0.15) is 17.5 Å². The highest BCUT2D eigenvalue weighted by molar-refractivity contribution is 5.94. The van der Waals surface area contributed by atoms with E-state index >= 15 is 0 Å². The zero-order chi connectivity index (χ0) is 25.9. The van der Waals surface area contributed by atoms with E-state index in [1.165, 1.54) is 12.1 Å². The standard InChI is InChI=1S/C29H33FN6O/c1-20(2)10-15-25-31-27(26-21(3)33-36(28(26)32-25)24-13-11-23(30)12-14-24)34-16-7-17-35(19-18-34)29(37)22-8-5-4-6-9-22/h4-6,8-9,11-14,20H,7,10,15-19H2,1-3H3. The molecule has 0 saturated carbocycles. The zero-order valence-corrected chi connectivity index (χ0v) is 21.7. The number of nitrogens with zero attached hydrogens (tertiary/aromatic N) is 6. The first-order valence-corrected chi connectivity index (χ1v) is 13.0. The first-order valence-electron chi connectivity index (χ1n) is 13.0. The van der Waals surface area contributed by atoms with Crippen LogP contribution < -0.4 is 4.90 Å². The third kappa shape index (κ3) is 5.33. The molecule has 8 heteroatoms. The van der Waals surface area contributed by atoms with Gasteiger partial charge in [0.15, 0.2) is 5.65 Å². The number of aryl methyl sites for hydroxylation is 2. The second-order valence-corrected chi connectivity index (χ2v) is 10.1. The van der Waals surface area contributed by atoms with E-state index in [0.29, 0.717) is 31.1 Å². The van der Waals surface area contributed by atoms with E-state index in [1.807, 2.05) is 42.2 Å². The molecule has 0 bridgehead atoms. The quantitative estimate of drug-likeness (QED) is 0.364. The van der Waals surface area contributed by atoms with E-state index in [4.69, 9.17) is 15.1 Å². The number of rotatable bonds is 6. The van der Waals surface area contributed by atoms with Gasteiger partial charge < -0.3 is 9.80 Å². The summed E-state index contributed by atoms with van der Waals surface area (Å²) >= 11 is 0. The number of carbonyl (C=O) groups is 1. The van der Waals surface area contributed by atoms with Crippen LogP contribution in [0, 0.1) is 18.7 Å². The zero-order valence-electron chi connectivity index (χ0n) is 21.7. The Morgan fingerprint density at radius 1 is 0.973 bits per heavy atom. The lowest BCUT2D eigenvalue weighted by Gasteiger charge is -2.24. The van der Waals surface area contributed by atoms with E-state index in [9.17, 15) is 9.18 Å². The van der Waals surface area contributed by atoms with Gasteiger partial charge in [-0.05, 0) is 62.1 Å². The second kappa shape index (κ2) is 10.7. The number of benzene rings is 2. The van der Waals surface area contributed by atoms with Crippen molar-refractivity contribution >= 4 is 22.8 Å². The molecule has 0 atom stereocenters. The molecule has 1 fully saturated rings. The Labute approximate surface area is 216 Å². The fourth-order valence-corrected chi connectivity index (χ4v) is 4.82. The Morgan fingerprint density at radius 3 is 2.46 bits per heavy atom. The number of amides is 1. The van der Waals surface area contributed by atoms with Gasteiger partial charge in [-0.3, -0.25) is 4.79 Å². The lowest BCUT2D eigenvalue weighted by Crippen LogP contribution is -2.35. The topological polar surface area (TPSA) is 67.2 Å². The molecule has 1 aliphatic heterocycles. The van der Waals surface area contributed by atoms with Crippen molar-refractivity contribution in [2.75, 3.05) is 31.1 Å². The highest BCUT2D eigenvalue weighted by Gasteiger charge is 2.25. The predicted molar refractivity (Wildman–Crippen MR) is 144 cm³/mol. The maximum Gasteiger partial charge on any atom is 0.253 e. The van der Waals surface area contributed by atoms with Crippen LogP contribution in [-0.2, 0) is 6.42 Å². The number of hydrogen-bond donors (Lipinski definition) is 0. The van der Waals surface area contributed by atoms with Crippen LogP contribution in [-0.4, -0.2) is 56.7 Å². The predicted octanol–water partition coefficient (Wildman–Crippen LogP) is 5.20. The molecule has 0 aliphatic carbocycles. The average Bonchev–Trinajstić information content (AvgIpc) is 3.07. The lowest BCUT2D eigenvalue weighted by atomic mass is 10.1. The van der Waals surface area contributed by atoms with Gasteiger partial charge in [0.05, 0.1) is 16.8 Å². The molecule has 0 N–H and O–H groups in total. The molecule has 0 radical (unpaired) electrons. The molecule has 0 unspecified atom stereocenters. The molecule has 5 rings (SSSR count). The number of hydrogen-bond acceptors (Lipinski definition) is 5. The minimum atomic E-state index is -0.288. The maximum absolute atomic E-state index is 13.6. The number of carbonyl (C=O) groups excluding carboxylic acids is 1. The van der Waals surface area contributed by atoms with Crippen molar-refractivity contribution in [2.45, 2.75) is 40.0 Å². The number of fused-ring (bicyclic) bond motifs is 1. The van der Waals surface area contributed by atoms with Gasteiger partial charge in [0.25, 0.3) is 5.91 Å². The third-order valence-electron chi connectivity index (χ3n) is 6.85. The van der Waals surface area contributed by atoms with Crippen LogP contribution in [0.15, 0.2) is 54.6 Å². The van der Waals surface area contributed by atoms with Crippen molar-refractivity contribution in [3.8, 4) is 5.69 Å². The van der Waals surface area contributed by atoms with Crippen molar-refractivity contribution in [2.24, 2.45) is 5.92 Å². The molecule has 2 aromatic heterocycles. The van der Waals surface area contributed by atoms with Gasteiger partial charge in [0.2, 0.25) is 0 Å². The second-order valence-electron chi connectivity index (χ2n) is 10.1. The Morgan fingerprint density at radius 2 is 1.73 bits per heavy atom. The van der Waals surface area contributed by atoms with Crippen LogP contribution in [0.1, 0.15) is 48.6 Å². The molecule has 1 saturated heterocycles. The van der Waals surface area contributed by atoms with Crippen molar-refractivity contribution < 1.29 is 9.18 Å². The normalized spacial score (nSPS) is 14.4. The first kappa shape index (κ1) is 24.9. The summed E-state index contributed by atoms with van der Waals surface area (Å²) in [6, 6.07) is 15.8. The van der Waals surface area contributed by atoms with E-state index in [1.54, 1.807) is 16.8 Å². The molecule has 7 nitrogen and oxygen atoms in total. The molecular formula is C29H33FN6O. The Balaban J connectivity index is 1.51. The largest absolute Gasteiger partial charge is 0.354 e. The monoisotopic (exact) mass is 500 g/mol. The molecule has 1 aliphatic rings. The lowest BCUT2D eigenvalue weighted by molar-refractivity contribution is 0.0767. The van der Waals surface area contributed by atoms with Crippen molar-refractivity contribution in [1.82, 2.24) is 24.6 Å². The molecule has 192 valence electrons. The van der Waals surface area contributed by atoms with Crippen LogP contribution in [0.5, 0.6) is 0 Å². The van der Waals surface area contributed by atoms with Crippen molar-refractivity contribution in [3.05, 3.63) is 77.5 Å². The summed E-state index contributed by atoms with van der Waals surface area (Å²) in [7, 11) is 0. The minimum Gasteiger partial charge on any atom is -0.354 e. The molecule has 4 aromatic rings. The van der Waals surface area contributed by atoms with Gasteiger partial charge in [-0.15, -0.1) is 0 Å². The average molecular weight is 501 g/mol. The van der Waals surface area contributed by atoms with Crippen LogP contribution in [0.3, 0.4) is 0 Å². The fourth-order valence-electron chi connectivity index (χ4n) is 4.82. The van der Waals surface area contributed by atoms with Crippen LogP contribution >= 0.6 is 0 Å². The van der Waals surface area contributed by atoms with E-state index in [0.717, 1.165) is 59.9 Å². The minimum absolute atomic E-state index is 0.0632. The molecule has 3 heterocycles. The number of anilines is 1. The summed E-state index contributed by atoms with van der Waals surface area (Å²) < 4.78 is 15.4. The van der Waals surface area contributed by atoms with Gasteiger partial charge in [-0.1, -0.05) is 32.0 Å². The van der Waals surface area contributed by atoms with Crippen LogP contribution in [0.25, 0.3) is 16.7 Å². The first-order chi connectivity index (χ1) is 17.9. The summed E-state index contributed by atoms with van der Waals surface area (Å²) in [4.78, 5) is 27.3. The Hall–Kier alpha value is -3.81. The summed E-state index contributed by atoms with van der Waals surface area (Å²) in [6.45, 7) is 9.13. The number of aromatic nitrogens is 4. The van der Waals surface area contributed by atoms with Gasteiger partial charge >= 0.3 is 0 Å². The van der Waals surface area contributed by atoms with Gasteiger partial charge in [0, 0.05) is 38.2 Å². The Bertz CT molecular complexity index is 1380. The maximum atomic E-state index is 13.6. The summed E-state index contributed by atoms with van der Waals surface area (Å²) in [5.41, 5.74) is 3.03. The molecule has 0 spiro atoms. The van der Waals surface area contributed by atoms with Gasteiger partial charge in [-0.2, -0.15) is 5.10 Å². The molecule has 2 aromatic carbocycles. The molecule has 37 heavy (non-hydrogen) atoms. The van der Waals surface area contributed by atoms with E-state index in [2.05, 4.69) is 18.7 Å². The smallest absolute Gasteiger partial charge is 0.253 e. The van der Waals surface area contributed by atoms with E-state index in [-0.39, 0.29) is 11.7 Å². The highest BCUT2D eigenvalue weighted by atomic mass is 19.1. The highest BCUT2D eigenvalue weighted by Crippen LogP contribution is 2.30. The Kier molecular flexibility index (Phi) is 7.17. The van der Waals surface area contributed by atoms with Crippen LogP contribution in [0.4, 0.5) is 10.2 Å². The fraction of sp³-hybridized carbons (Fsp3) is 0.379. The van der Waals surface area contributed by atoms with Crippen LogP contribution in [0.2, 0.25) is 0 Å². The van der Waals surface area contributed by atoms with Crippen molar-refractivity contribution in [1.29, 1.82) is 0 Å². The third-order valence-corrected chi connectivity index (χ3v) is 6.85. The summed E-state index contributed by atoms with van der Waals surface area (Å²) in [6.07, 6.45) is 2.59. The van der Waals surface area contributed by atoms with E-state index < -0.39 is 0 Å².